The van der Waals surface area contributed by atoms with Crippen LogP contribution < -0.4 is 0 Å². The number of carboxylic acid groups (broad SMARTS) is 2. The second-order valence-electron chi connectivity index (χ2n) is 5.11. The Balaban J connectivity index is -0.000000180. The van der Waals surface area contributed by atoms with Crippen LogP contribution in [-0.2, 0) is 29.1 Å². The van der Waals surface area contributed by atoms with Crippen molar-refractivity contribution in [3.63, 3.8) is 0 Å². The van der Waals surface area contributed by atoms with E-state index in [1.54, 1.807) is 41.5 Å². The Morgan fingerprint density at radius 1 is 0.733 bits per heavy atom. The first-order valence-electron chi connectivity index (χ1n) is 4.36. The molecule has 0 saturated heterocycles. The van der Waals surface area contributed by atoms with Gasteiger partial charge in [-0.2, -0.15) is 0 Å². The molecule has 0 bridgehead atoms. The van der Waals surface area contributed by atoms with E-state index in [0.717, 1.165) is 0 Å². The monoisotopic (exact) mass is 268 g/mol. The summed E-state index contributed by atoms with van der Waals surface area (Å²) in [6, 6.07) is 0. The third kappa shape index (κ3) is 13.6. The number of carbonyl (C=O) groups is 2. The van der Waals surface area contributed by atoms with Gasteiger partial charge in [-0.1, -0.05) is 0 Å². The van der Waals surface area contributed by atoms with Gasteiger partial charge in [-0.05, 0) is 41.5 Å². The van der Waals surface area contributed by atoms with Crippen LogP contribution in [0.4, 0.5) is 0 Å². The smallest absolute Gasteiger partial charge is 0.308 e. The first kappa shape index (κ1) is 20.0. The van der Waals surface area contributed by atoms with Crippen LogP contribution in [0.25, 0.3) is 0 Å². The van der Waals surface area contributed by atoms with E-state index in [0.29, 0.717) is 0 Å². The minimum Gasteiger partial charge on any atom is -0.481 e. The van der Waals surface area contributed by atoms with Crippen molar-refractivity contribution in [2.75, 3.05) is 0 Å². The maximum Gasteiger partial charge on any atom is 0.308 e. The van der Waals surface area contributed by atoms with Crippen LogP contribution in [0, 0.1) is 10.8 Å². The Bertz CT molecular complexity index is 186. The minimum absolute atomic E-state index is 0. The average molecular weight is 270 g/mol. The van der Waals surface area contributed by atoms with Crippen molar-refractivity contribution in [1.82, 2.24) is 0 Å². The molecule has 0 aromatic heterocycles. The van der Waals surface area contributed by atoms with Crippen LogP contribution >= 0.6 is 0 Å². The summed E-state index contributed by atoms with van der Waals surface area (Å²) in [6.07, 6.45) is 0. The van der Waals surface area contributed by atoms with Gasteiger partial charge in [-0.3, -0.25) is 9.59 Å². The molecule has 0 aromatic rings. The van der Waals surface area contributed by atoms with Crippen LogP contribution in [0.2, 0.25) is 0 Å². The standard InChI is InChI=1S/2C5H10O2.Zn/c2*1-5(2,3)4(6)7;/h2*1-3H3,(H,6,7);. The molecule has 0 radical (unpaired) electrons. The van der Waals surface area contributed by atoms with Crippen molar-refractivity contribution in [2.24, 2.45) is 10.8 Å². The molecule has 15 heavy (non-hydrogen) atoms. The van der Waals surface area contributed by atoms with E-state index in [2.05, 4.69) is 0 Å². The van der Waals surface area contributed by atoms with E-state index in [1.807, 2.05) is 0 Å². The molecule has 0 heterocycles. The van der Waals surface area contributed by atoms with Crippen molar-refractivity contribution < 1.29 is 39.3 Å². The van der Waals surface area contributed by atoms with Gasteiger partial charge in [-0.15, -0.1) is 0 Å². The zero-order valence-electron chi connectivity index (χ0n) is 10.4. The van der Waals surface area contributed by atoms with Crippen LogP contribution in [0.3, 0.4) is 0 Å². The normalized spacial score (nSPS) is 10.5. The van der Waals surface area contributed by atoms with Crippen molar-refractivity contribution >= 4 is 11.9 Å². The first-order chi connectivity index (χ1) is 5.89. The fraction of sp³-hybridized carbons (Fsp3) is 0.800. The van der Waals surface area contributed by atoms with Crippen molar-refractivity contribution in [2.45, 2.75) is 41.5 Å². The molecular formula is C10H20O4Zn. The van der Waals surface area contributed by atoms with E-state index >= 15 is 0 Å². The number of rotatable bonds is 0. The molecular weight excluding hydrogens is 249 g/mol. The van der Waals surface area contributed by atoms with Gasteiger partial charge in [0.25, 0.3) is 0 Å². The number of aliphatic carboxylic acids is 2. The Kier molecular flexibility index (Phi) is 9.27. The summed E-state index contributed by atoms with van der Waals surface area (Å²) in [4.78, 5) is 20.0. The minimum atomic E-state index is -0.757. The van der Waals surface area contributed by atoms with Crippen LogP contribution in [0.15, 0.2) is 0 Å². The summed E-state index contributed by atoms with van der Waals surface area (Å²) in [5, 5.41) is 16.5. The Labute approximate surface area is 104 Å². The average Bonchev–Trinajstić information content (AvgIpc) is 1.83. The molecule has 86 valence electrons. The summed E-state index contributed by atoms with van der Waals surface area (Å²) in [7, 11) is 0. The second kappa shape index (κ2) is 6.94. The fourth-order valence-corrected chi connectivity index (χ4v) is 0. The van der Waals surface area contributed by atoms with E-state index in [9.17, 15) is 9.59 Å². The SMILES string of the molecule is CC(C)(C)C(=O)O.CC(C)(C)C(=O)O.[Zn]. The first-order valence-corrected chi connectivity index (χ1v) is 4.36. The molecule has 0 rings (SSSR count). The zero-order chi connectivity index (χ0) is 12.2. The number of hydrogen-bond donors (Lipinski definition) is 2. The molecule has 0 spiro atoms. The van der Waals surface area contributed by atoms with E-state index in [4.69, 9.17) is 10.2 Å². The molecule has 0 aliphatic rings. The molecule has 0 aromatic carbocycles. The molecule has 5 heteroatoms. The van der Waals surface area contributed by atoms with Gasteiger partial charge in [0.2, 0.25) is 0 Å². The molecule has 0 unspecified atom stereocenters. The van der Waals surface area contributed by atoms with Crippen molar-refractivity contribution in [3.05, 3.63) is 0 Å². The molecule has 0 aliphatic carbocycles. The van der Waals surface area contributed by atoms with Crippen molar-refractivity contribution in [3.8, 4) is 0 Å². The predicted octanol–water partition coefficient (Wildman–Crippen LogP) is 2.23. The van der Waals surface area contributed by atoms with E-state index < -0.39 is 22.8 Å². The third-order valence-corrected chi connectivity index (χ3v) is 1.28. The summed E-state index contributed by atoms with van der Waals surface area (Å²) < 4.78 is 0. The summed E-state index contributed by atoms with van der Waals surface area (Å²) in [5.41, 5.74) is -1.17. The van der Waals surface area contributed by atoms with Crippen LogP contribution in [0.1, 0.15) is 41.5 Å². The zero-order valence-corrected chi connectivity index (χ0v) is 13.4. The van der Waals surface area contributed by atoms with Crippen LogP contribution in [-0.4, -0.2) is 22.2 Å². The molecule has 0 saturated carbocycles. The molecule has 2 N–H and O–H groups in total. The largest absolute Gasteiger partial charge is 0.481 e. The maximum absolute atomic E-state index is 10.0. The fourth-order valence-electron chi connectivity index (χ4n) is 0. The second-order valence-corrected chi connectivity index (χ2v) is 5.11. The summed E-state index contributed by atoms with van der Waals surface area (Å²) in [5.74, 6) is -1.51. The Morgan fingerprint density at radius 3 is 0.800 bits per heavy atom. The molecule has 0 amide bonds. The molecule has 0 aliphatic heterocycles. The predicted molar refractivity (Wildman–Crippen MR) is 54.2 cm³/mol. The van der Waals surface area contributed by atoms with E-state index in [1.165, 1.54) is 0 Å². The number of carboxylic acids is 2. The van der Waals surface area contributed by atoms with Gasteiger partial charge in [-0.25, -0.2) is 0 Å². The topological polar surface area (TPSA) is 74.6 Å². The van der Waals surface area contributed by atoms with Gasteiger partial charge in [0, 0.05) is 19.5 Å². The van der Waals surface area contributed by atoms with Crippen LogP contribution in [0.5, 0.6) is 0 Å². The van der Waals surface area contributed by atoms with Gasteiger partial charge < -0.3 is 10.2 Å². The number of hydrogen-bond acceptors (Lipinski definition) is 2. The van der Waals surface area contributed by atoms with Gasteiger partial charge in [0.15, 0.2) is 0 Å². The van der Waals surface area contributed by atoms with E-state index in [-0.39, 0.29) is 19.5 Å². The van der Waals surface area contributed by atoms with Gasteiger partial charge >= 0.3 is 11.9 Å². The Hall–Kier alpha value is -0.437. The van der Waals surface area contributed by atoms with Gasteiger partial charge in [0.1, 0.15) is 0 Å². The van der Waals surface area contributed by atoms with Crippen molar-refractivity contribution in [1.29, 1.82) is 0 Å². The summed E-state index contributed by atoms with van der Waals surface area (Å²) >= 11 is 0. The molecule has 0 atom stereocenters. The quantitative estimate of drug-likeness (QED) is 0.661. The van der Waals surface area contributed by atoms with Gasteiger partial charge in [0.05, 0.1) is 10.8 Å². The summed E-state index contributed by atoms with van der Waals surface area (Å²) in [6.45, 7) is 9.97. The third-order valence-electron chi connectivity index (χ3n) is 1.28. The maximum atomic E-state index is 10.0. The molecule has 0 fully saturated rings. The molecule has 4 nitrogen and oxygen atoms in total. The Morgan fingerprint density at radius 2 is 0.800 bits per heavy atom.